The van der Waals surface area contributed by atoms with E-state index in [-0.39, 0.29) is 17.9 Å². The van der Waals surface area contributed by atoms with E-state index < -0.39 is 0 Å². The number of amides is 1. The van der Waals surface area contributed by atoms with Crippen LogP contribution < -0.4 is 4.74 Å². The zero-order chi connectivity index (χ0) is 19.3. The van der Waals surface area contributed by atoms with E-state index in [2.05, 4.69) is 35.3 Å². The number of aliphatic hydroxyl groups is 1. The fourth-order valence-electron chi connectivity index (χ4n) is 4.34. The monoisotopic (exact) mass is 382 g/mol. The van der Waals surface area contributed by atoms with Gasteiger partial charge in [-0.2, -0.15) is 0 Å². The molecule has 1 amide bonds. The molecule has 3 unspecified atom stereocenters. The second-order valence-electron chi connectivity index (χ2n) is 8.24. The summed E-state index contributed by atoms with van der Waals surface area (Å²) >= 11 is 0. The van der Waals surface area contributed by atoms with Crippen molar-refractivity contribution in [3.8, 4) is 5.75 Å². The van der Waals surface area contributed by atoms with Crippen LogP contribution in [0.25, 0.3) is 5.57 Å². The number of aliphatic hydroxyl groups excluding tert-OH is 1. The minimum absolute atomic E-state index is 0.0655. The molecule has 0 bridgehead atoms. The van der Waals surface area contributed by atoms with Crippen molar-refractivity contribution in [1.29, 1.82) is 0 Å². The summed E-state index contributed by atoms with van der Waals surface area (Å²) in [6.45, 7) is 2.87. The molecule has 0 spiro atoms. The fraction of sp³-hybridized carbons (Fsp3) is 0.565. The first kappa shape index (κ1) is 19.2. The zero-order valence-electron chi connectivity index (χ0n) is 16.4. The van der Waals surface area contributed by atoms with Crippen molar-refractivity contribution in [1.82, 2.24) is 4.90 Å². The molecule has 1 N–H and O–H groups in total. The lowest BCUT2D eigenvalue weighted by atomic mass is 9.86. The van der Waals surface area contributed by atoms with Crippen LogP contribution in [0.15, 0.2) is 35.3 Å². The highest BCUT2D eigenvalue weighted by atomic mass is 16.5. The molecule has 1 aromatic carbocycles. The topological polar surface area (TPSA) is 62.1 Å². The number of rotatable bonds is 5. The van der Waals surface area contributed by atoms with E-state index in [1.165, 1.54) is 11.1 Å². The average Bonchev–Trinajstić information content (AvgIpc) is 3.19. The van der Waals surface area contributed by atoms with Gasteiger partial charge in [-0.1, -0.05) is 18.2 Å². The summed E-state index contributed by atoms with van der Waals surface area (Å²) in [5, 5.41) is 9.65. The van der Waals surface area contributed by atoms with Gasteiger partial charge in [0, 0.05) is 25.6 Å². The first-order chi connectivity index (χ1) is 13.7. The first-order valence-electron chi connectivity index (χ1n) is 10.6. The van der Waals surface area contributed by atoms with Gasteiger partial charge in [0.2, 0.25) is 5.91 Å². The predicted molar refractivity (Wildman–Crippen MR) is 111 cm³/mol. The van der Waals surface area contributed by atoms with Gasteiger partial charge in [0.25, 0.3) is 0 Å². The van der Waals surface area contributed by atoms with Gasteiger partial charge in [-0.25, -0.2) is 0 Å². The summed E-state index contributed by atoms with van der Waals surface area (Å²) in [5.41, 5.74) is 2.54. The van der Waals surface area contributed by atoms with E-state index >= 15 is 0 Å². The second kappa shape index (κ2) is 8.91. The van der Waals surface area contributed by atoms with Gasteiger partial charge in [-0.15, -0.1) is 0 Å². The van der Waals surface area contributed by atoms with Crippen molar-refractivity contribution >= 4 is 17.7 Å². The maximum atomic E-state index is 12.6. The summed E-state index contributed by atoms with van der Waals surface area (Å²) in [7, 11) is 0. The minimum Gasteiger partial charge on any atom is -0.493 e. The highest BCUT2D eigenvalue weighted by molar-refractivity contribution is 5.81. The summed E-state index contributed by atoms with van der Waals surface area (Å²) in [4.78, 5) is 18.7. The third kappa shape index (κ3) is 4.64. The summed E-state index contributed by atoms with van der Waals surface area (Å²) in [5.74, 6) is 1.77. The van der Waals surface area contributed by atoms with Gasteiger partial charge in [0.05, 0.1) is 12.7 Å². The lowest BCUT2D eigenvalue weighted by Gasteiger charge is -2.26. The Morgan fingerprint density at radius 3 is 2.68 bits per heavy atom. The molecular formula is C23H30N2O3. The van der Waals surface area contributed by atoms with Gasteiger partial charge in [-0.3, -0.25) is 9.79 Å². The fourth-order valence-corrected chi connectivity index (χ4v) is 4.34. The minimum atomic E-state index is -0.342. The Hall–Kier alpha value is -2.14. The molecule has 1 aromatic rings. The number of ether oxygens (including phenoxy) is 1. The van der Waals surface area contributed by atoms with E-state index in [1.54, 1.807) is 0 Å². The third-order valence-corrected chi connectivity index (χ3v) is 6.18. The van der Waals surface area contributed by atoms with E-state index in [4.69, 9.17) is 4.74 Å². The normalized spacial score (nSPS) is 27.5. The van der Waals surface area contributed by atoms with Crippen LogP contribution >= 0.6 is 0 Å². The Balaban J connectivity index is 1.29. The number of carbonyl (C=O) groups excluding carboxylic acids is 1. The highest BCUT2D eigenvalue weighted by Gasteiger charge is 2.30. The number of nitrogens with zero attached hydrogens (tertiary/aromatic N) is 2. The van der Waals surface area contributed by atoms with Crippen molar-refractivity contribution < 1.29 is 14.6 Å². The predicted octanol–water partition coefficient (Wildman–Crippen LogP) is 3.32. The molecule has 0 saturated carbocycles. The van der Waals surface area contributed by atoms with Crippen molar-refractivity contribution in [2.45, 2.75) is 44.6 Å². The third-order valence-electron chi connectivity index (χ3n) is 6.18. The molecule has 4 rings (SSSR count). The summed E-state index contributed by atoms with van der Waals surface area (Å²) in [6, 6.07) is 8.36. The van der Waals surface area contributed by atoms with Crippen LogP contribution in [0.3, 0.4) is 0 Å². The number of hydrogen-bond acceptors (Lipinski definition) is 4. The Morgan fingerprint density at radius 2 is 2.04 bits per heavy atom. The van der Waals surface area contributed by atoms with Crippen LogP contribution in [0.5, 0.6) is 5.75 Å². The van der Waals surface area contributed by atoms with Gasteiger partial charge in [0.15, 0.2) is 0 Å². The van der Waals surface area contributed by atoms with Crippen LogP contribution in [0.2, 0.25) is 0 Å². The molecule has 1 aliphatic carbocycles. The summed E-state index contributed by atoms with van der Waals surface area (Å²) < 4.78 is 5.95. The van der Waals surface area contributed by atoms with E-state index in [9.17, 15) is 9.90 Å². The van der Waals surface area contributed by atoms with Crippen molar-refractivity contribution in [3.05, 3.63) is 35.9 Å². The second-order valence-corrected chi connectivity index (χ2v) is 8.24. The number of hydrogen-bond donors (Lipinski definition) is 1. The van der Waals surface area contributed by atoms with Gasteiger partial charge < -0.3 is 14.7 Å². The molecule has 1 saturated heterocycles. The SMILES string of the molecule is O=C(C1CC=C(c2ccc(OCC3CC=NCC3)cc2)CC1)N1CCC(O)C1. The molecule has 3 atom stereocenters. The molecule has 1 fully saturated rings. The molecule has 2 aliphatic heterocycles. The molecule has 0 radical (unpaired) electrons. The molecule has 0 aromatic heterocycles. The van der Waals surface area contributed by atoms with Gasteiger partial charge in [-0.05, 0) is 73.9 Å². The van der Waals surface area contributed by atoms with Crippen molar-refractivity contribution in [3.63, 3.8) is 0 Å². The molecule has 5 heteroatoms. The van der Waals surface area contributed by atoms with Crippen LogP contribution in [0.4, 0.5) is 0 Å². The standard InChI is InChI=1S/C23H30N2O3/c26-21-11-14-25(15-21)23(27)20-3-1-18(2-4-20)19-5-7-22(8-6-19)28-16-17-9-12-24-13-10-17/h1,5-8,12,17,20-21,26H,2-4,9-11,13-16H2. The smallest absolute Gasteiger partial charge is 0.226 e. The maximum absolute atomic E-state index is 12.6. The first-order valence-corrected chi connectivity index (χ1v) is 10.6. The molecule has 28 heavy (non-hydrogen) atoms. The van der Waals surface area contributed by atoms with Crippen molar-refractivity contribution in [2.24, 2.45) is 16.8 Å². The molecule has 3 aliphatic rings. The Kier molecular flexibility index (Phi) is 6.10. The van der Waals surface area contributed by atoms with Gasteiger partial charge >= 0.3 is 0 Å². The zero-order valence-corrected chi connectivity index (χ0v) is 16.4. The largest absolute Gasteiger partial charge is 0.493 e. The molecular weight excluding hydrogens is 352 g/mol. The maximum Gasteiger partial charge on any atom is 0.226 e. The lowest BCUT2D eigenvalue weighted by Crippen LogP contribution is -2.35. The number of allylic oxidation sites excluding steroid dienone is 2. The van der Waals surface area contributed by atoms with Gasteiger partial charge in [0.1, 0.15) is 5.75 Å². The number of aliphatic imine (C=N–C) groups is 1. The quantitative estimate of drug-likeness (QED) is 0.850. The number of benzene rings is 1. The van der Waals surface area contributed by atoms with Crippen LogP contribution in [-0.4, -0.2) is 54.5 Å². The van der Waals surface area contributed by atoms with Crippen LogP contribution in [-0.2, 0) is 4.79 Å². The molecule has 2 heterocycles. The Labute approximate surface area is 167 Å². The Morgan fingerprint density at radius 1 is 1.18 bits per heavy atom. The summed E-state index contributed by atoms with van der Waals surface area (Å²) in [6.07, 6.45) is 9.33. The Bertz CT molecular complexity index is 741. The van der Waals surface area contributed by atoms with E-state index in [1.807, 2.05) is 11.1 Å². The highest BCUT2D eigenvalue weighted by Crippen LogP contribution is 2.32. The molecule has 5 nitrogen and oxygen atoms in total. The van der Waals surface area contributed by atoms with Crippen LogP contribution in [0.1, 0.15) is 44.1 Å². The lowest BCUT2D eigenvalue weighted by molar-refractivity contribution is -0.135. The van der Waals surface area contributed by atoms with E-state index in [0.717, 1.165) is 51.0 Å². The van der Waals surface area contributed by atoms with Crippen LogP contribution in [0, 0.1) is 11.8 Å². The number of β-amino-alcohol motifs (C(OH)–C–C–N with tert-alkyl or cyclic N) is 1. The average molecular weight is 383 g/mol. The molecule has 150 valence electrons. The van der Waals surface area contributed by atoms with Crippen molar-refractivity contribution in [2.75, 3.05) is 26.2 Å². The number of carbonyl (C=O) groups is 1. The number of likely N-dealkylation sites (tertiary alicyclic amines) is 1. The van der Waals surface area contributed by atoms with E-state index in [0.29, 0.717) is 25.4 Å².